The van der Waals surface area contributed by atoms with Crippen LogP contribution >= 0.6 is 11.6 Å². The first-order valence-electron chi connectivity index (χ1n) is 6.64. The summed E-state index contributed by atoms with van der Waals surface area (Å²) < 4.78 is 0. The van der Waals surface area contributed by atoms with Crippen molar-refractivity contribution >= 4 is 23.2 Å². The van der Waals surface area contributed by atoms with Gasteiger partial charge in [0.1, 0.15) is 0 Å². The van der Waals surface area contributed by atoms with Crippen molar-refractivity contribution in [2.24, 2.45) is 0 Å². The van der Waals surface area contributed by atoms with Gasteiger partial charge >= 0.3 is 0 Å². The highest BCUT2D eigenvalue weighted by molar-refractivity contribution is 6.31. The molecule has 1 aliphatic rings. The van der Waals surface area contributed by atoms with Crippen LogP contribution in [0.1, 0.15) is 12.0 Å². The minimum Gasteiger partial charge on any atom is -0.325 e. The second-order valence-corrected chi connectivity index (χ2v) is 5.32. The summed E-state index contributed by atoms with van der Waals surface area (Å²) in [7, 11) is 0. The smallest absolute Gasteiger partial charge is 0.238 e. The van der Waals surface area contributed by atoms with Crippen molar-refractivity contribution in [1.82, 2.24) is 10.2 Å². The van der Waals surface area contributed by atoms with E-state index in [1.54, 1.807) is 6.07 Å². The summed E-state index contributed by atoms with van der Waals surface area (Å²) in [6.45, 7) is 6.27. The molecule has 1 aromatic rings. The SMILES string of the molecule is Cc1ccc(Cl)cc1NC(=O)CN1CCCNCC1. The number of rotatable bonds is 3. The third kappa shape index (κ3) is 4.49. The van der Waals surface area contributed by atoms with E-state index in [9.17, 15) is 4.79 Å². The van der Waals surface area contributed by atoms with Gasteiger partial charge in [0.2, 0.25) is 5.91 Å². The summed E-state index contributed by atoms with van der Waals surface area (Å²) >= 11 is 5.94. The van der Waals surface area contributed by atoms with Crippen LogP contribution in [-0.4, -0.2) is 43.5 Å². The van der Waals surface area contributed by atoms with Crippen LogP contribution in [0.15, 0.2) is 18.2 Å². The van der Waals surface area contributed by atoms with Crippen LogP contribution in [-0.2, 0) is 4.79 Å². The van der Waals surface area contributed by atoms with Gasteiger partial charge < -0.3 is 10.6 Å². The molecule has 1 fully saturated rings. The molecule has 19 heavy (non-hydrogen) atoms. The number of amides is 1. The fourth-order valence-corrected chi connectivity index (χ4v) is 2.35. The maximum Gasteiger partial charge on any atom is 0.238 e. The van der Waals surface area contributed by atoms with Gasteiger partial charge in [-0.25, -0.2) is 0 Å². The number of nitrogens with one attached hydrogen (secondary N) is 2. The number of nitrogens with zero attached hydrogens (tertiary/aromatic N) is 1. The Bertz CT molecular complexity index is 442. The molecule has 1 amide bonds. The van der Waals surface area contributed by atoms with E-state index in [-0.39, 0.29) is 5.91 Å². The Kier molecular flexibility index (Phi) is 5.19. The maximum atomic E-state index is 12.0. The van der Waals surface area contributed by atoms with Crippen molar-refractivity contribution in [3.05, 3.63) is 28.8 Å². The molecule has 4 nitrogen and oxygen atoms in total. The van der Waals surface area contributed by atoms with Gasteiger partial charge in [0, 0.05) is 23.8 Å². The van der Waals surface area contributed by atoms with E-state index in [4.69, 9.17) is 11.6 Å². The predicted molar refractivity (Wildman–Crippen MR) is 78.7 cm³/mol. The highest BCUT2D eigenvalue weighted by Gasteiger charge is 2.13. The van der Waals surface area contributed by atoms with Crippen molar-refractivity contribution in [2.45, 2.75) is 13.3 Å². The fraction of sp³-hybridized carbons (Fsp3) is 0.500. The molecule has 2 N–H and O–H groups in total. The minimum atomic E-state index is 0.0206. The quantitative estimate of drug-likeness (QED) is 0.889. The Morgan fingerprint density at radius 2 is 2.26 bits per heavy atom. The molecule has 0 spiro atoms. The van der Waals surface area contributed by atoms with Gasteiger partial charge in [0.15, 0.2) is 0 Å². The zero-order valence-corrected chi connectivity index (χ0v) is 12.0. The van der Waals surface area contributed by atoms with Crippen LogP contribution in [0.25, 0.3) is 0 Å². The summed E-state index contributed by atoms with van der Waals surface area (Å²) in [6.07, 6.45) is 1.09. The third-order valence-corrected chi connectivity index (χ3v) is 3.51. The van der Waals surface area contributed by atoms with Crippen LogP contribution in [0.4, 0.5) is 5.69 Å². The van der Waals surface area contributed by atoms with Crippen molar-refractivity contribution in [3.8, 4) is 0 Å². The van der Waals surface area contributed by atoms with Crippen molar-refractivity contribution in [1.29, 1.82) is 0 Å². The normalized spacial score (nSPS) is 16.9. The molecule has 0 radical (unpaired) electrons. The molecule has 5 heteroatoms. The molecular formula is C14H20ClN3O. The Hall–Kier alpha value is -1.10. The summed E-state index contributed by atoms with van der Waals surface area (Å²) in [5.74, 6) is 0.0206. The van der Waals surface area contributed by atoms with Gasteiger partial charge in [-0.15, -0.1) is 0 Å². The molecule has 0 unspecified atom stereocenters. The first kappa shape index (κ1) is 14.3. The lowest BCUT2D eigenvalue weighted by Gasteiger charge is -2.19. The molecule has 104 valence electrons. The van der Waals surface area contributed by atoms with Gasteiger partial charge in [-0.1, -0.05) is 17.7 Å². The topological polar surface area (TPSA) is 44.4 Å². The van der Waals surface area contributed by atoms with E-state index >= 15 is 0 Å². The molecular weight excluding hydrogens is 262 g/mol. The summed E-state index contributed by atoms with van der Waals surface area (Å²) in [6, 6.07) is 5.53. The van der Waals surface area contributed by atoms with Crippen LogP contribution < -0.4 is 10.6 Å². The van der Waals surface area contributed by atoms with E-state index in [0.717, 1.165) is 43.9 Å². The summed E-state index contributed by atoms with van der Waals surface area (Å²) in [4.78, 5) is 14.2. The molecule has 0 bridgehead atoms. The Balaban J connectivity index is 1.91. The van der Waals surface area contributed by atoms with E-state index < -0.39 is 0 Å². The molecule has 0 saturated carbocycles. The van der Waals surface area contributed by atoms with Crippen molar-refractivity contribution < 1.29 is 4.79 Å². The van der Waals surface area contributed by atoms with E-state index in [1.165, 1.54) is 0 Å². The van der Waals surface area contributed by atoms with Gasteiger partial charge in [-0.2, -0.15) is 0 Å². The number of hydrogen-bond acceptors (Lipinski definition) is 3. The molecule has 2 rings (SSSR count). The molecule has 0 atom stereocenters. The molecule has 1 heterocycles. The van der Waals surface area contributed by atoms with Gasteiger partial charge in [-0.05, 0) is 44.1 Å². The second kappa shape index (κ2) is 6.89. The lowest BCUT2D eigenvalue weighted by Crippen LogP contribution is -2.35. The minimum absolute atomic E-state index is 0.0206. The number of hydrogen-bond donors (Lipinski definition) is 2. The average molecular weight is 282 g/mol. The Morgan fingerprint density at radius 3 is 3.11 bits per heavy atom. The van der Waals surface area contributed by atoms with E-state index in [1.807, 2.05) is 19.1 Å². The highest BCUT2D eigenvalue weighted by Crippen LogP contribution is 2.20. The van der Waals surface area contributed by atoms with Gasteiger partial charge in [-0.3, -0.25) is 9.69 Å². The molecule has 1 saturated heterocycles. The largest absolute Gasteiger partial charge is 0.325 e. The van der Waals surface area contributed by atoms with Crippen LogP contribution in [0.5, 0.6) is 0 Å². The Morgan fingerprint density at radius 1 is 1.42 bits per heavy atom. The number of carbonyl (C=O) groups excluding carboxylic acids is 1. The monoisotopic (exact) mass is 281 g/mol. The maximum absolute atomic E-state index is 12.0. The van der Waals surface area contributed by atoms with Crippen LogP contribution in [0, 0.1) is 6.92 Å². The first-order valence-corrected chi connectivity index (χ1v) is 7.02. The van der Waals surface area contributed by atoms with Crippen molar-refractivity contribution in [2.75, 3.05) is 38.0 Å². The average Bonchev–Trinajstić information content (AvgIpc) is 2.62. The van der Waals surface area contributed by atoms with E-state index in [0.29, 0.717) is 11.6 Å². The second-order valence-electron chi connectivity index (χ2n) is 4.89. The molecule has 1 aromatic carbocycles. The first-order chi connectivity index (χ1) is 9.15. The van der Waals surface area contributed by atoms with Crippen LogP contribution in [0.2, 0.25) is 5.02 Å². The standard InChI is InChI=1S/C14H20ClN3O/c1-11-3-4-12(15)9-13(11)17-14(19)10-18-7-2-5-16-6-8-18/h3-4,9,16H,2,5-8,10H2,1H3,(H,17,19). The third-order valence-electron chi connectivity index (χ3n) is 3.27. The zero-order chi connectivity index (χ0) is 13.7. The molecule has 0 aliphatic carbocycles. The van der Waals surface area contributed by atoms with Gasteiger partial charge in [0.05, 0.1) is 6.54 Å². The summed E-state index contributed by atoms with van der Waals surface area (Å²) in [5, 5.41) is 6.90. The fourth-order valence-electron chi connectivity index (χ4n) is 2.18. The predicted octanol–water partition coefficient (Wildman–Crippen LogP) is 1.88. The highest BCUT2D eigenvalue weighted by atomic mass is 35.5. The van der Waals surface area contributed by atoms with Gasteiger partial charge in [0.25, 0.3) is 0 Å². The number of benzene rings is 1. The van der Waals surface area contributed by atoms with Crippen molar-refractivity contribution in [3.63, 3.8) is 0 Å². The lowest BCUT2D eigenvalue weighted by molar-refractivity contribution is -0.117. The number of carbonyl (C=O) groups is 1. The Labute approximate surface area is 119 Å². The number of aryl methyl sites for hydroxylation is 1. The molecule has 0 aromatic heterocycles. The van der Waals surface area contributed by atoms with E-state index in [2.05, 4.69) is 15.5 Å². The number of anilines is 1. The summed E-state index contributed by atoms with van der Waals surface area (Å²) in [5.41, 5.74) is 1.82. The number of halogens is 1. The zero-order valence-electron chi connectivity index (χ0n) is 11.2. The molecule has 1 aliphatic heterocycles. The van der Waals surface area contributed by atoms with Crippen LogP contribution in [0.3, 0.4) is 0 Å². The lowest BCUT2D eigenvalue weighted by atomic mass is 10.2.